The van der Waals surface area contributed by atoms with Crippen LogP contribution in [0.25, 0.3) is 0 Å². The van der Waals surface area contributed by atoms with Crippen molar-refractivity contribution in [3.63, 3.8) is 0 Å². The lowest BCUT2D eigenvalue weighted by Gasteiger charge is -2.28. The number of rotatable bonds is 12. The highest BCUT2D eigenvalue weighted by Crippen LogP contribution is 2.46. The second-order valence-electron chi connectivity index (χ2n) is 10.3. The van der Waals surface area contributed by atoms with E-state index in [1.165, 1.54) is 16.8 Å². The van der Waals surface area contributed by atoms with E-state index in [0.717, 1.165) is 42.1 Å². The van der Waals surface area contributed by atoms with Crippen LogP contribution in [0.5, 0.6) is 5.75 Å². The number of ether oxygens (including phenoxy) is 3. The molecule has 0 unspecified atom stereocenters. The molecule has 14 heteroatoms. The Morgan fingerprint density at radius 2 is 1.86 bits per heavy atom. The van der Waals surface area contributed by atoms with Gasteiger partial charge in [0.25, 0.3) is 0 Å². The van der Waals surface area contributed by atoms with Crippen LogP contribution in [0, 0.1) is 0 Å². The van der Waals surface area contributed by atoms with E-state index in [0.29, 0.717) is 0 Å². The highest BCUT2D eigenvalue weighted by atomic mass is 79.9. The zero-order chi connectivity index (χ0) is 30.2. The third-order valence-corrected chi connectivity index (χ3v) is 9.13. The number of hydrogen-bond donors (Lipinski definition) is 2. The van der Waals surface area contributed by atoms with Gasteiger partial charge in [-0.25, -0.2) is 9.36 Å². The highest BCUT2D eigenvalue weighted by Gasteiger charge is 2.38. The Morgan fingerprint density at radius 3 is 2.58 bits per heavy atom. The highest BCUT2D eigenvalue weighted by molar-refractivity contribution is 9.10. The van der Waals surface area contributed by atoms with Crippen LogP contribution in [0.4, 0.5) is 5.82 Å². The molecule has 5 rings (SSSR count). The third-order valence-electron chi connectivity index (χ3n) is 7.03. The molecule has 3 aromatic rings. The van der Waals surface area contributed by atoms with Crippen LogP contribution < -0.4 is 21.0 Å². The van der Waals surface area contributed by atoms with Crippen molar-refractivity contribution < 1.29 is 32.6 Å². The summed E-state index contributed by atoms with van der Waals surface area (Å²) < 4.78 is 45.3. The molecular formula is C29H34BrN4O8P. The van der Waals surface area contributed by atoms with Gasteiger partial charge in [0.2, 0.25) is 0 Å². The summed E-state index contributed by atoms with van der Waals surface area (Å²) in [5, 5.41) is 2.85. The maximum Gasteiger partial charge on any atom is 0.459 e. The molecule has 2 heterocycles. The first-order valence-corrected chi connectivity index (χ1v) is 16.4. The lowest BCUT2D eigenvalue weighted by atomic mass is 9.97. The topological polar surface area (TPSA) is 153 Å². The number of aromatic nitrogens is 2. The number of carbonyl (C=O) groups is 1. The standard InChI is InChI=1S/C29H34BrN4O8P/c30-21-11-13-23(14-12-21)42-43(37,39-19-27-38-18-26(41-27)34-16-15-25(31)32-29(34)36)33-24(17-20-7-3-1-4-8-20)28(35)40-22-9-5-2-6-10-22/h1,3-4,7-8,11-16,22,24,26-27H,2,5-6,9-10,17-19H2,(H,33,37)(H2,31,32,36)/t24-,26-,27-,43+/m0/s1. The fraction of sp³-hybridized carbons (Fsp3) is 0.414. The fourth-order valence-corrected chi connectivity index (χ4v) is 6.60. The molecule has 4 atom stereocenters. The second-order valence-corrected chi connectivity index (χ2v) is 12.9. The zero-order valence-electron chi connectivity index (χ0n) is 23.4. The predicted octanol–water partition coefficient (Wildman–Crippen LogP) is 4.74. The minimum Gasteiger partial charge on any atom is -0.461 e. The maximum atomic E-state index is 14.3. The molecule has 43 heavy (non-hydrogen) atoms. The Labute approximate surface area is 257 Å². The van der Waals surface area contributed by atoms with E-state index in [9.17, 15) is 14.2 Å². The smallest absolute Gasteiger partial charge is 0.459 e. The van der Waals surface area contributed by atoms with Crippen LogP contribution in [0.3, 0.4) is 0 Å². The molecule has 2 aromatic carbocycles. The van der Waals surface area contributed by atoms with Crippen molar-refractivity contribution in [2.24, 2.45) is 0 Å². The molecule has 2 aliphatic rings. The third kappa shape index (κ3) is 8.98. The van der Waals surface area contributed by atoms with Crippen LogP contribution in [0.2, 0.25) is 0 Å². The fourth-order valence-electron chi connectivity index (χ4n) is 4.86. The summed E-state index contributed by atoms with van der Waals surface area (Å²) in [6.45, 7) is -0.306. The van der Waals surface area contributed by atoms with Gasteiger partial charge in [-0.05, 0) is 68.0 Å². The SMILES string of the molecule is Nc1ccn([C@@H]2CO[C@H](CO[P@](=O)(N[C@@H](Cc3ccccc3)C(=O)OC3CCCCC3)Oc3ccc(Br)cc3)O2)c(=O)n1. The summed E-state index contributed by atoms with van der Waals surface area (Å²) in [6, 6.07) is 16.5. The number of nitrogens with one attached hydrogen (secondary N) is 1. The first-order chi connectivity index (χ1) is 20.8. The summed E-state index contributed by atoms with van der Waals surface area (Å²) in [6.07, 6.45) is 4.34. The largest absolute Gasteiger partial charge is 0.461 e. The quantitative estimate of drug-likeness (QED) is 0.202. The van der Waals surface area contributed by atoms with E-state index in [1.807, 2.05) is 30.3 Å². The molecule has 1 aliphatic carbocycles. The van der Waals surface area contributed by atoms with Gasteiger partial charge in [-0.1, -0.05) is 52.7 Å². The van der Waals surface area contributed by atoms with Gasteiger partial charge in [0, 0.05) is 10.7 Å². The number of carbonyl (C=O) groups excluding carboxylic acids is 1. The number of hydrogen-bond acceptors (Lipinski definition) is 10. The normalized spacial score (nSPS) is 21.1. The Bertz CT molecular complexity index is 1470. The number of esters is 1. The maximum absolute atomic E-state index is 14.3. The van der Waals surface area contributed by atoms with Crippen LogP contribution >= 0.6 is 23.7 Å². The van der Waals surface area contributed by atoms with Gasteiger partial charge < -0.3 is 24.5 Å². The van der Waals surface area contributed by atoms with E-state index < -0.39 is 38.0 Å². The molecule has 1 aromatic heterocycles. The summed E-state index contributed by atoms with van der Waals surface area (Å²) >= 11 is 3.38. The number of halogens is 1. The van der Waals surface area contributed by atoms with Crippen molar-refractivity contribution in [2.75, 3.05) is 18.9 Å². The van der Waals surface area contributed by atoms with Crippen LogP contribution in [-0.2, 0) is 34.5 Å². The van der Waals surface area contributed by atoms with Gasteiger partial charge >= 0.3 is 19.4 Å². The number of nitrogens with zero attached hydrogens (tertiary/aromatic N) is 2. The van der Waals surface area contributed by atoms with Gasteiger partial charge in [0.1, 0.15) is 30.3 Å². The first-order valence-electron chi connectivity index (χ1n) is 14.1. The predicted molar refractivity (Wildman–Crippen MR) is 161 cm³/mol. The van der Waals surface area contributed by atoms with Crippen molar-refractivity contribution in [3.05, 3.63) is 87.4 Å². The molecular weight excluding hydrogens is 643 g/mol. The summed E-state index contributed by atoms with van der Waals surface area (Å²) in [4.78, 5) is 29.4. The molecule has 230 valence electrons. The molecule has 0 amide bonds. The van der Waals surface area contributed by atoms with E-state index in [2.05, 4.69) is 26.0 Å². The van der Waals surface area contributed by atoms with Crippen LogP contribution in [-0.4, -0.2) is 47.2 Å². The van der Waals surface area contributed by atoms with Gasteiger partial charge in [-0.15, -0.1) is 0 Å². The average molecular weight is 677 g/mol. The molecule has 0 spiro atoms. The number of nitrogens with two attached hydrogens (primary N) is 1. The lowest BCUT2D eigenvalue weighted by molar-refractivity contribution is -0.152. The minimum atomic E-state index is -4.24. The number of anilines is 1. The lowest BCUT2D eigenvalue weighted by Crippen LogP contribution is -2.41. The molecule has 0 radical (unpaired) electrons. The monoisotopic (exact) mass is 676 g/mol. The minimum absolute atomic E-state index is 0.0230. The van der Waals surface area contributed by atoms with E-state index >= 15 is 0 Å². The molecule has 3 N–H and O–H groups in total. The number of nitrogen functional groups attached to an aromatic ring is 1. The van der Waals surface area contributed by atoms with E-state index in [1.54, 1.807) is 24.3 Å². The van der Waals surface area contributed by atoms with Crippen molar-refractivity contribution in [1.29, 1.82) is 0 Å². The van der Waals surface area contributed by atoms with Gasteiger partial charge in [-0.3, -0.25) is 13.9 Å². The molecule has 1 aliphatic heterocycles. The molecule has 12 nitrogen and oxygen atoms in total. The Morgan fingerprint density at radius 1 is 1.12 bits per heavy atom. The summed E-state index contributed by atoms with van der Waals surface area (Å²) in [5.74, 6) is -0.198. The molecule has 1 saturated heterocycles. The zero-order valence-corrected chi connectivity index (χ0v) is 25.9. The molecule has 1 saturated carbocycles. The molecule has 0 bridgehead atoms. The second kappa shape index (κ2) is 14.6. The van der Waals surface area contributed by atoms with E-state index in [-0.39, 0.29) is 37.3 Å². The number of benzene rings is 2. The van der Waals surface area contributed by atoms with Crippen molar-refractivity contribution in [2.45, 2.75) is 63.2 Å². The summed E-state index contributed by atoms with van der Waals surface area (Å²) in [5.41, 5.74) is 5.82. The van der Waals surface area contributed by atoms with Crippen molar-refractivity contribution in [1.82, 2.24) is 14.6 Å². The Balaban J connectivity index is 1.33. The van der Waals surface area contributed by atoms with Crippen LogP contribution in [0.1, 0.15) is 43.9 Å². The van der Waals surface area contributed by atoms with Crippen molar-refractivity contribution >= 4 is 35.5 Å². The Kier molecular flexibility index (Phi) is 10.7. The molecule has 2 fully saturated rings. The first kappa shape index (κ1) is 31.4. The van der Waals surface area contributed by atoms with E-state index in [4.69, 9.17) is 29.0 Å². The summed E-state index contributed by atoms with van der Waals surface area (Å²) in [7, 11) is -4.24. The average Bonchev–Trinajstić information content (AvgIpc) is 3.47. The Hall–Kier alpha value is -3.06. The van der Waals surface area contributed by atoms with Crippen molar-refractivity contribution in [3.8, 4) is 5.75 Å². The van der Waals surface area contributed by atoms with Gasteiger partial charge in [0.05, 0.1) is 6.61 Å². The van der Waals surface area contributed by atoms with Gasteiger partial charge in [-0.2, -0.15) is 10.1 Å². The van der Waals surface area contributed by atoms with Gasteiger partial charge in [0.15, 0.2) is 12.5 Å². The van der Waals surface area contributed by atoms with Crippen LogP contribution in [0.15, 0.2) is 76.1 Å².